The van der Waals surface area contributed by atoms with Crippen LogP contribution in [0.15, 0.2) is 34.2 Å². The predicted molar refractivity (Wildman–Crippen MR) is 164 cm³/mol. The fraction of sp³-hybridized carbons (Fsp3) is 0.694. The Morgan fingerprint density at radius 3 is 2.40 bits per heavy atom. The number of ether oxygens (including phenoxy) is 4. The van der Waals surface area contributed by atoms with Crippen molar-refractivity contribution in [1.29, 1.82) is 0 Å². The molecule has 0 spiro atoms. The smallest absolute Gasteiger partial charge is 0.310 e. The van der Waals surface area contributed by atoms with Crippen molar-refractivity contribution in [2.75, 3.05) is 7.11 Å². The first-order valence-electron chi connectivity index (χ1n) is 16.7. The number of furan rings is 1. The van der Waals surface area contributed by atoms with Crippen molar-refractivity contribution in [2.45, 2.75) is 110 Å². The highest BCUT2D eigenvalue weighted by atomic mass is 16.6. The molecule has 0 aromatic carbocycles. The lowest BCUT2D eigenvalue weighted by atomic mass is 9.41. The summed E-state index contributed by atoms with van der Waals surface area (Å²) in [5, 5.41) is 13.2. The predicted octanol–water partition coefficient (Wildman–Crippen LogP) is 4.80. The van der Waals surface area contributed by atoms with Crippen LogP contribution in [0.3, 0.4) is 0 Å². The first-order chi connectivity index (χ1) is 22.0. The number of carbonyl (C=O) groups is 5. The van der Waals surface area contributed by atoms with Crippen LogP contribution in [0.1, 0.15) is 98.7 Å². The first-order valence-corrected chi connectivity index (χ1v) is 16.7. The van der Waals surface area contributed by atoms with E-state index in [4.69, 9.17) is 23.4 Å². The lowest BCUT2D eigenvalue weighted by Crippen LogP contribution is -2.79. The Balaban J connectivity index is 1.65. The van der Waals surface area contributed by atoms with E-state index < -0.39 is 93.0 Å². The van der Waals surface area contributed by atoms with Gasteiger partial charge in [-0.1, -0.05) is 48.5 Å². The van der Waals surface area contributed by atoms with Crippen molar-refractivity contribution in [3.05, 3.63) is 35.3 Å². The molecule has 0 radical (unpaired) electrons. The third kappa shape index (κ3) is 4.10. The summed E-state index contributed by atoms with van der Waals surface area (Å²) in [7, 11) is 1.29. The van der Waals surface area contributed by atoms with E-state index in [1.54, 1.807) is 26.8 Å². The summed E-state index contributed by atoms with van der Waals surface area (Å²) in [5.74, 6) is -5.36. The standard InChI is InChI=1S/C36H46O11/c1-9-19(4)30(41)46-31-33(6)17-35(47-29(40)18(2)3)34(7,23(33)15-24(37)43-8)21-10-12-32(5)22(26(21)27(39)36(31,35)42)14-25(38)45-28(32)20-11-13-44-16-20/h11,13,16,18-19,21,23,28,31,42H,9-10,12,14-15,17H2,1-8H3/t19-,21-,23-,28-,31-,32+,33-,34+,35+,36+/m0/s1. The molecule has 2 heterocycles. The van der Waals surface area contributed by atoms with Crippen LogP contribution in [-0.2, 0) is 42.9 Å². The van der Waals surface area contributed by atoms with Gasteiger partial charge in [-0.2, -0.15) is 0 Å². The third-order valence-electron chi connectivity index (χ3n) is 12.8. The van der Waals surface area contributed by atoms with E-state index in [9.17, 15) is 24.3 Å². The number of carbonyl (C=O) groups excluding carboxylic acids is 5. The van der Waals surface area contributed by atoms with Crippen LogP contribution in [0.5, 0.6) is 0 Å². The molecular weight excluding hydrogens is 608 g/mol. The maximum absolute atomic E-state index is 15.3. The average Bonchev–Trinajstić information content (AvgIpc) is 3.68. The molecule has 4 fully saturated rings. The second kappa shape index (κ2) is 10.8. The quantitative estimate of drug-likeness (QED) is 0.304. The van der Waals surface area contributed by atoms with Gasteiger partial charge in [-0.25, -0.2) is 0 Å². The van der Waals surface area contributed by atoms with E-state index in [2.05, 4.69) is 0 Å². The van der Waals surface area contributed by atoms with Crippen molar-refractivity contribution in [2.24, 2.45) is 39.9 Å². The SMILES string of the molecule is CC[C@H](C)C(=O)O[C@H]1[C@@]2(C)C[C@@]3(OC(=O)C(C)C)[C@](C)([C@H]4CC[C@]5(C)C(=C4C(=O)[C@@]13O)CC(=O)O[C@H]5c1ccoc1)[C@H]2CC(=O)OC. The van der Waals surface area contributed by atoms with Crippen LogP contribution < -0.4 is 0 Å². The number of methoxy groups -OCH3 is 1. The highest BCUT2D eigenvalue weighted by molar-refractivity contribution is 6.08. The van der Waals surface area contributed by atoms with E-state index in [-0.39, 0.29) is 24.8 Å². The van der Waals surface area contributed by atoms with Crippen LogP contribution in [0, 0.1) is 39.9 Å². The summed E-state index contributed by atoms with van der Waals surface area (Å²) < 4.78 is 29.0. The van der Waals surface area contributed by atoms with E-state index in [1.807, 2.05) is 27.7 Å². The average molecular weight is 655 g/mol. The van der Waals surface area contributed by atoms with Crippen molar-refractivity contribution < 1.29 is 52.4 Å². The molecule has 11 nitrogen and oxygen atoms in total. The van der Waals surface area contributed by atoms with Gasteiger partial charge >= 0.3 is 23.9 Å². The Morgan fingerprint density at radius 1 is 1.11 bits per heavy atom. The monoisotopic (exact) mass is 654 g/mol. The zero-order valence-electron chi connectivity index (χ0n) is 28.5. The maximum Gasteiger partial charge on any atom is 0.310 e. The van der Waals surface area contributed by atoms with Crippen LogP contribution in [0.25, 0.3) is 0 Å². The van der Waals surface area contributed by atoms with Gasteiger partial charge in [0.15, 0.2) is 11.4 Å². The van der Waals surface area contributed by atoms with Gasteiger partial charge in [0.2, 0.25) is 5.60 Å². The van der Waals surface area contributed by atoms with Gasteiger partial charge in [-0.3, -0.25) is 24.0 Å². The molecule has 11 heteroatoms. The number of cyclic esters (lactones) is 1. The first kappa shape index (κ1) is 33.4. The molecule has 256 valence electrons. The Kier molecular flexibility index (Phi) is 7.66. The number of aliphatic hydroxyl groups is 1. The molecule has 1 aromatic heterocycles. The molecule has 4 aliphatic carbocycles. The minimum absolute atomic E-state index is 0.00657. The number of rotatable bonds is 8. The van der Waals surface area contributed by atoms with Gasteiger partial charge in [0, 0.05) is 40.2 Å². The zero-order valence-corrected chi connectivity index (χ0v) is 28.5. The second-order valence-corrected chi connectivity index (χ2v) is 15.4. The van der Waals surface area contributed by atoms with Gasteiger partial charge in [0.05, 0.1) is 37.9 Å². The molecule has 1 aromatic rings. The molecule has 1 saturated heterocycles. The number of hydrogen-bond donors (Lipinski definition) is 1. The van der Waals surface area contributed by atoms with E-state index in [0.29, 0.717) is 30.4 Å². The highest BCUT2D eigenvalue weighted by Gasteiger charge is 2.92. The van der Waals surface area contributed by atoms with Gasteiger partial charge in [0.1, 0.15) is 12.2 Å². The molecule has 0 amide bonds. The van der Waals surface area contributed by atoms with E-state index in [1.165, 1.54) is 19.6 Å². The van der Waals surface area contributed by atoms with Crippen LogP contribution in [0.4, 0.5) is 0 Å². The van der Waals surface area contributed by atoms with E-state index >= 15 is 4.79 Å². The van der Waals surface area contributed by atoms with Crippen molar-refractivity contribution in [3.8, 4) is 0 Å². The maximum atomic E-state index is 15.3. The summed E-state index contributed by atoms with van der Waals surface area (Å²) in [5.41, 5.74) is -6.06. The molecular formula is C36H46O11. The largest absolute Gasteiger partial charge is 0.472 e. The van der Waals surface area contributed by atoms with Gasteiger partial charge in [0.25, 0.3) is 0 Å². The lowest BCUT2D eigenvalue weighted by molar-refractivity contribution is -0.280. The number of esters is 4. The molecule has 10 atom stereocenters. The fourth-order valence-corrected chi connectivity index (χ4v) is 10.2. The Bertz CT molecular complexity index is 1560. The summed E-state index contributed by atoms with van der Waals surface area (Å²) in [6.45, 7) is 12.5. The second-order valence-electron chi connectivity index (χ2n) is 15.4. The molecule has 1 aliphatic heterocycles. The molecule has 47 heavy (non-hydrogen) atoms. The van der Waals surface area contributed by atoms with Crippen molar-refractivity contribution >= 4 is 29.7 Å². The topological polar surface area (TPSA) is 156 Å². The number of fused-ring (bicyclic) bond motifs is 4. The minimum Gasteiger partial charge on any atom is -0.472 e. The number of Topliss-reactive ketones (excluding diaryl/α,β-unsaturated/α-hetero) is 1. The highest BCUT2D eigenvalue weighted by Crippen LogP contribution is 2.81. The summed E-state index contributed by atoms with van der Waals surface area (Å²) >= 11 is 0. The summed E-state index contributed by atoms with van der Waals surface area (Å²) in [6, 6.07) is 1.72. The molecule has 2 bridgehead atoms. The number of hydrogen-bond acceptors (Lipinski definition) is 11. The summed E-state index contributed by atoms with van der Waals surface area (Å²) in [4.78, 5) is 68.9. The van der Waals surface area contributed by atoms with Crippen molar-refractivity contribution in [1.82, 2.24) is 0 Å². The lowest BCUT2D eigenvalue weighted by Gasteiger charge is -2.66. The fourth-order valence-electron chi connectivity index (χ4n) is 10.2. The van der Waals surface area contributed by atoms with Gasteiger partial charge in [-0.05, 0) is 42.7 Å². The zero-order chi connectivity index (χ0) is 34.5. The van der Waals surface area contributed by atoms with Crippen LogP contribution >= 0.6 is 0 Å². The van der Waals surface area contributed by atoms with Crippen LogP contribution in [0.2, 0.25) is 0 Å². The molecule has 5 aliphatic rings. The van der Waals surface area contributed by atoms with Crippen LogP contribution in [-0.4, -0.2) is 59.2 Å². The minimum atomic E-state index is -2.50. The Morgan fingerprint density at radius 2 is 1.81 bits per heavy atom. The molecule has 6 rings (SSSR count). The van der Waals surface area contributed by atoms with E-state index in [0.717, 1.165) is 0 Å². The Labute approximate surface area is 274 Å². The summed E-state index contributed by atoms with van der Waals surface area (Å²) in [6.07, 6.45) is 1.89. The number of ketones is 1. The molecule has 3 saturated carbocycles. The third-order valence-corrected chi connectivity index (χ3v) is 12.8. The van der Waals surface area contributed by atoms with Gasteiger partial charge < -0.3 is 28.5 Å². The molecule has 1 N–H and O–H groups in total. The van der Waals surface area contributed by atoms with Gasteiger partial charge in [-0.15, -0.1) is 0 Å². The van der Waals surface area contributed by atoms with Crippen molar-refractivity contribution in [3.63, 3.8) is 0 Å². The Hall–Kier alpha value is -3.47. The molecule has 0 unspecified atom stereocenters. The normalized spacial score (nSPS) is 40.8.